The van der Waals surface area contributed by atoms with Crippen molar-refractivity contribution >= 4 is 17.3 Å². The van der Waals surface area contributed by atoms with Gasteiger partial charge in [0.15, 0.2) is 0 Å². The maximum Gasteiger partial charge on any atom is 0.137 e. The Morgan fingerprint density at radius 1 is 1.43 bits per heavy atom. The molecule has 1 aromatic carbocycles. The van der Waals surface area contributed by atoms with Crippen molar-refractivity contribution < 1.29 is 0 Å². The lowest BCUT2D eigenvalue weighted by Crippen LogP contribution is -2.29. The zero-order valence-corrected chi connectivity index (χ0v) is 8.91. The molecule has 0 radical (unpaired) electrons. The summed E-state index contributed by atoms with van der Waals surface area (Å²) in [5.74, 6) is 0. The quantitative estimate of drug-likeness (QED) is 0.712. The number of benzene rings is 1. The molecule has 0 fully saturated rings. The zero-order valence-electron chi connectivity index (χ0n) is 8.15. The maximum atomic E-state index is 8.62. The average Bonchev–Trinajstić information content (AvgIpc) is 2.26. The van der Waals surface area contributed by atoms with Gasteiger partial charge in [-0.05, 0) is 19.1 Å². The fourth-order valence-electron chi connectivity index (χ4n) is 1.29. The molecule has 0 aliphatic heterocycles. The number of anilines is 1. The summed E-state index contributed by atoms with van der Waals surface area (Å²) in [6.45, 7) is 3.47. The molecule has 0 heterocycles. The number of rotatable bonds is 4. The lowest BCUT2D eigenvalue weighted by Gasteiger charge is -2.23. The summed E-state index contributed by atoms with van der Waals surface area (Å²) in [7, 11) is 0. The predicted molar refractivity (Wildman–Crippen MR) is 59.6 cm³/mol. The van der Waals surface area contributed by atoms with Gasteiger partial charge in [0.25, 0.3) is 0 Å². The molecule has 0 aliphatic carbocycles. The average molecular weight is 209 g/mol. The van der Waals surface area contributed by atoms with Gasteiger partial charge in [0.05, 0.1) is 6.07 Å². The van der Waals surface area contributed by atoms with Gasteiger partial charge in [0.1, 0.15) is 5.38 Å². The van der Waals surface area contributed by atoms with E-state index in [1.165, 1.54) is 0 Å². The Morgan fingerprint density at radius 2 is 2.07 bits per heavy atom. The second-order valence-corrected chi connectivity index (χ2v) is 3.50. The Kier molecular flexibility index (Phi) is 4.28. The minimum absolute atomic E-state index is 0.449. The summed E-state index contributed by atoms with van der Waals surface area (Å²) < 4.78 is 0. The van der Waals surface area contributed by atoms with Gasteiger partial charge in [-0.25, -0.2) is 0 Å². The Morgan fingerprint density at radius 3 is 2.57 bits per heavy atom. The van der Waals surface area contributed by atoms with Crippen LogP contribution in [0.15, 0.2) is 30.3 Å². The SMILES string of the molecule is CCN(CC(Cl)C#N)c1ccccc1. The third kappa shape index (κ3) is 2.93. The van der Waals surface area contributed by atoms with E-state index in [9.17, 15) is 0 Å². The molecule has 1 rings (SSSR count). The lowest BCUT2D eigenvalue weighted by atomic mass is 10.2. The number of hydrogen-bond donors (Lipinski definition) is 0. The van der Waals surface area contributed by atoms with Gasteiger partial charge in [-0.15, -0.1) is 11.6 Å². The van der Waals surface area contributed by atoms with E-state index in [0.717, 1.165) is 12.2 Å². The molecule has 1 atom stereocenters. The number of hydrogen-bond acceptors (Lipinski definition) is 2. The van der Waals surface area contributed by atoms with Crippen LogP contribution in [0.4, 0.5) is 5.69 Å². The first kappa shape index (κ1) is 10.9. The number of nitriles is 1. The van der Waals surface area contributed by atoms with Crippen LogP contribution in [0, 0.1) is 11.3 Å². The highest BCUT2D eigenvalue weighted by molar-refractivity contribution is 6.22. The van der Waals surface area contributed by atoms with Gasteiger partial charge in [-0.3, -0.25) is 0 Å². The van der Waals surface area contributed by atoms with Crippen LogP contribution in [0.5, 0.6) is 0 Å². The van der Waals surface area contributed by atoms with Crippen LogP contribution >= 0.6 is 11.6 Å². The third-order valence-electron chi connectivity index (χ3n) is 2.02. The number of halogens is 1. The minimum atomic E-state index is -0.449. The van der Waals surface area contributed by atoms with Crippen LogP contribution < -0.4 is 4.90 Å². The van der Waals surface area contributed by atoms with Gasteiger partial charge in [0.2, 0.25) is 0 Å². The largest absolute Gasteiger partial charge is 0.369 e. The van der Waals surface area contributed by atoms with E-state index in [1.54, 1.807) is 0 Å². The fourth-order valence-corrected chi connectivity index (χ4v) is 1.46. The van der Waals surface area contributed by atoms with Crippen molar-refractivity contribution in [2.45, 2.75) is 12.3 Å². The van der Waals surface area contributed by atoms with E-state index in [0.29, 0.717) is 6.54 Å². The minimum Gasteiger partial charge on any atom is -0.369 e. The molecule has 0 saturated carbocycles. The summed E-state index contributed by atoms with van der Waals surface area (Å²) in [5.41, 5.74) is 1.11. The molecule has 0 bridgehead atoms. The Bertz CT molecular complexity index is 305. The van der Waals surface area contributed by atoms with Gasteiger partial charge in [-0.2, -0.15) is 5.26 Å². The number of nitrogens with zero attached hydrogens (tertiary/aromatic N) is 2. The summed E-state index contributed by atoms with van der Waals surface area (Å²) in [6.07, 6.45) is 0. The molecular formula is C11H13ClN2. The van der Waals surface area contributed by atoms with E-state index in [-0.39, 0.29) is 0 Å². The summed E-state index contributed by atoms with van der Waals surface area (Å²) in [6, 6.07) is 12.0. The van der Waals surface area contributed by atoms with Gasteiger partial charge in [-0.1, -0.05) is 18.2 Å². The van der Waals surface area contributed by atoms with Crippen molar-refractivity contribution in [3.05, 3.63) is 30.3 Å². The smallest absolute Gasteiger partial charge is 0.137 e. The fraction of sp³-hybridized carbons (Fsp3) is 0.364. The zero-order chi connectivity index (χ0) is 10.4. The standard InChI is InChI=1S/C11H13ClN2/c1-2-14(9-10(12)8-13)11-6-4-3-5-7-11/h3-7,10H,2,9H2,1H3. The maximum absolute atomic E-state index is 8.62. The van der Waals surface area contributed by atoms with Crippen molar-refractivity contribution in [2.75, 3.05) is 18.0 Å². The number of para-hydroxylation sites is 1. The molecule has 1 unspecified atom stereocenters. The lowest BCUT2D eigenvalue weighted by molar-refractivity contribution is 0.831. The first-order valence-corrected chi connectivity index (χ1v) is 5.05. The molecule has 14 heavy (non-hydrogen) atoms. The van der Waals surface area contributed by atoms with Gasteiger partial charge in [0, 0.05) is 18.8 Å². The second kappa shape index (κ2) is 5.51. The normalized spacial score (nSPS) is 11.8. The molecule has 0 N–H and O–H groups in total. The first-order chi connectivity index (χ1) is 6.77. The van der Waals surface area contributed by atoms with E-state index in [1.807, 2.05) is 43.3 Å². The summed E-state index contributed by atoms with van der Waals surface area (Å²) in [4.78, 5) is 2.08. The highest BCUT2D eigenvalue weighted by atomic mass is 35.5. The van der Waals surface area contributed by atoms with Crippen LogP contribution in [0.25, 0.3) is 0 Å². The van der Waals surface area contributed by atoms with Crippen LogP contribution in [-0.4, -0.2) is 18.5 Å². The number of alkyl halides is 1. The summed E-state index contributed by atoms with van der Waals surface area (Å²) >= 11 is 5.79. The molecular weight excluding hydrogens is 196 g/mol. The second-order valence-electron chi connectivity index (χ2n) is 2.97. The molecule has 2 nitrogen and oxygen atoms in total. The molecule has 0 amide bonds. The highest BCUT2D eigenvalue weighted by Crippen LogP contribution is 2.14. The molecule has 3 heteroatoms. The van der Waals surface area contributed by atoms with Crippen molar-refractivity contribution in [2.24, 2.45) is 0 Å². The predicted octanol–water partition coefficient (Wildman–Crippen LogP) is 2.64. The van der Waals surface area contributed by atoms with Crippen molar-refractivity contribution in [3.8, 4) is 6.07 Å². The molecule has 74 valence electrons. The van der Waals surface area contributed by atoms with Crippen LogP contribution in [0.2, 0.25) is 0 Å². The molecule has 0 aliphatic rings. The van der Waals surface area contributed by atoms with E-state index < -0.39 is 5.38 Å². The van der Waals surface area contributed by atoms with E-state index >= 15 is 0 Å². The Balaban J connectivity index is 2.69. The van der Waals surface area contributed by atoms with E-state index in [2.05, 4.69) is 4.90 Å². The van der Waals surface area contributed by atoms with Gasteiger partial charge < -0.3 is 4.90 Å². The summed E-state index contributed by atoms with van der Waals surface area (Å²) in [5, 5.41) is 8.17. The monoisotopic (exact) mass is 208 g/mol. The van der Waals surface area contributed by atoms with Crippen molar-refractivity contribution in [1.29, 1.82) is 5.26 Å². The van der Waals surface area contributed by atoms with Crippen LogP contribution in [0.1, 0.15) is 6.92 Å². The third-order valence-corrected chi connectivity index (χ3v) is 2.26. The molecule has 0 saturated heterocycles. The van der Waals surface area contributed by atoms with Crippen molar-refractivity contribution in [1.82, 2.24) is 0 Å². The Labute approximate surface area is 89.7 Å². The van der Waals surface area contributed by atoms with Gasteiger partial charge >= 0.3 is 0 Å². The molecule has 1 aromatic rings. The Hall–Kier alpha value is -1.20. The van der Waals surface area contributed by atoms with Crippen LogP contribution in [-0.2, 0) is 0 Å². The molecule has 0 aromatic heterocycles. The van der Waals surface area contributed by atoms with Crippen LogP contribution in [0.3, 0.4) is 0 Å². The first-order valence-electron chi connectivity index (χ1n) is 4.61. The highest BCUT2D eigenvalue weighted by Gasteiger charge is 2.09. The van der Waals surface area contributed by atoms with E-state index in [4.69, 9.17) is 16.9 Å². The topological polar surface area (TPSA) is 27.0 Å². The van der Waals surface area contributed by atoms with Crippen molar-refractivity contribution in [3.63, 3.8) is 0 Å². The molecule has 0 spiro atoms.